The molecule has 1 aliphatic heterocycles. The Bertz CT molecular complexity index is 587. The fourth-order valence-electron chi connectivity index (χ4n) is 2.56. The van der Waals surface area contributed by atoms with Crippen LogP contribution in [0.25, 0.3) is 0 Å². The second kappa shape index (κ2) is 5.35. The zero-order valence-corrected chi connectivity index (χ0v) is 12.2. The fraction of sp³-hybridized carbons (Fsp3) is 0.533. The minimum atomic E-state index is -0.593. The maximum Gasteiger partial charge on any atom is 0.352 e. The van der Waals surface area contributed by atoms with Crippen LogP contribution in [0.1, 0.15) is 19.8 Å². The number of carbonyl (C=O) groups is 1. The molecule has 3 rings (SSSR count). The number of nitroso groups, excluding NO2 is 1. The Morgan fingerprint density at radius 1 is 1.52 bits per heavy atom. The van der Waals surface area contributed by atoms with Gasteiger partial charge in [-0.05, 0) is 24.5 Å². The van der Waals surface area contributed by atoms with Crippen LogP contribution in [-0.4, -0.2) is 30.5 Å². The number of carbonyl (C=O) groups excluding carboxylic acids is 1. The van der Waals surface area contributed by atoms with Gasteiger partial charge >= 0.3 is 11.9 Å². The van der Waals surface area contributed by atoms with Gasteiger partial charge in [0.05, 0.1) is 24.4 Å². The van der Waals surface area contributed by atoms with E-state index in [9.17, 15) is 9.70 Å². The van der Waals surface area contributed by atoms with E-state index in [2.05, 4.69) is 12.2 Å². The zero-order valence-electron chi connectivity index (χ0n) is 12.2. The smallest absolute Gasteiger partial charge is 0.352 e. The summed E-state index contributed by atoms with van der Waals surface area (Å²) in [6.07, 6.45) is 0.821. The number of rotatable bonds is 5. The number of fused-ring (bicyclic) bond motifs is 1. The SMILES string of the molecule is COc1ccc2c(c1)[N+](=O)C(CCNC(=O)C1CC1C)O2. The molecule has 6 nitrogen and oxygen atoms in total. The number of benzene rings is 1. The number of hydrogen-bond donors (Lipinski definition) is 1. The molecule has 1 aromatic carbocycles. The van der Waals surface area contributed by atoms with E-state index in [0.29, 0.717) is 36.1 Å². The molecule has 3 atom stereocenters. The predicted molar refractivity (Wildman–Crippen MR) is 75.6 cm³/mol. The van der Waals surface area contributed by atoms with Gasteiger partial charge < -0.3 is 14.8 Å². The third-order valence-electron chi connectivity index (χ3n) is 4.06. The Labute approximate surface area is 123 Å². The molecule has 6 heteroatoms. The highest BCUT2D eigenvalue weighted by Gasteiger charge is 2.42. The predicted octanol–water partition coefficient (Wildman–Crippen LogP) is 1.99. The highest BCUT2D eigenvalue weighted by Crippen LogP contribution is 2.39. The Balaban J connectivity index is 1.54. The molecular formula is C15H19N2O4+. The Hall–Kier alpha value is -2.11. The van der Waals surface area contributed by atoms with Crippen LogP contribution in [0.2, 0.25) is 0 Å². The molecule has 1 N–H and O–H groups in total. The van der Waals surface area contributed by atoms with Crippen molar-refractivity contribution in [1.29, 1.82) is 0 Å². The first-order chi connectivity index (χ1) is 10.1. The van der Waals surface area contributed by atoms with Crippen LogP contribution in [0, 0.1) is 16.7 Å². The van der Waals surface area contributed by atoms with Gasteiger partial charge in [-0.2, -0.15) is 0 Å². The van der Waals surface area contributed by atoms with E-state index in [-0.39, 0.29) is 11.8 Å². The summed E-state index contributed by atoms with van der Waals surface area (Å²) in [5.41, 5.74) is 0.474. The normalized spacial score (nSPS) is 26.0. The van der Waals surface area contributed by atoms with Crippen molar-refractivity contribution in [3.63, 3.8) is 0 Å². The molecule has 1 heterocycles. The van der Waals surface area contributed by atoms with Gasteiger partial charge in [0.1, 0.15) is 5.75 Å². The van der Waals surface area contributed by atoms with E-state index in [1.54, 1.807) is 25.3 Å². The lowest BCUT2D eigenvalue weighted by Crippen LogP contribution is -2.31. The van der Waals surface area contributed by atoms with Crippen LogP contribution in [-0.2, 0) is 4.79 Å². The largest absolute Gasteiger partial charge is 0.496 e. The number of ether oxygens (including phenoxy) is 2. The van der Waals surface area contributed by atoms with Crippen molar-refractivity contribution in [2.45, 2.75) is 26.0 Å². The van der Waals surface area contributed by atoms with Crippen LogP contribution in [0.5, 0.6) is 11.5 Å². The molecule has 0 bridgehead atoms. The Kier molecular flexibility index (Phi) is 3.53. The van der Waals surface area contributed by atoms with Crippen LogP contribution in [0.4, 0.5) is 5.69 Å². The van der Waals surface area contributed by atoms with Gasteiger partial charge in [-0.25, -0.2) is 0 Å². The molecule has 1 aromatic rings. The second-order valence-corrected chi connectivity index (χ2v) is 5.63. The summed E-state index contributed by atoms with van der Waals surface area (Å²) in [6, 6.07) is 5.14. The lowest BCUT2D eigenvalue weighted by molar-refractivity contribution is -0.529. The Morgan fingerprint density at radius 2 is 2.29 bits per heavy atom. The molecule has 3 unspecified atom stereocenters. The van der Waals surface area contributed by atoms with Crippen molar-refractivity contribution in [3.05, 3.63) is 23.1 Å². The van der Waals surface area contributed by atoms with Gasteiger partial charge in [0.15, 0.2) is 0 Å². The van der Waals surface area contributed by atoms with Crippen molar-refractivity contribution in [2.75, 3.05) is 13.7 Å². The summed E-state index contributed by atoms with van der Waals surface area (Å²) in [5, 5.41) is 2.86. The number of nitrogens with zero attached hydrogens (tertiary/aromatic N) is 1. The average Bonchev–Trinajstić information content (AvgIpc) is 3.14. The first-order valence-electron chi connectivity index (χ1n) is 7.19. The summed E-state index contributed by atoms with van der Waals surface area (Å²) in [5.74, 6) is 1.89. The third-order valence-corrected chi connectivity index (χ3v) is 4.06. The molecule has 1 aliphatic carbocycles. The van der Waals surface area contributed by atoms with Crippen molar-refractivity contribution < 1.29 is 19.0 Å². The van der Waals surface area contributed by atoms with E-state index in [1.165, 1.54) is 0 Å². The maximum absolute atomic E-state index is 12.2. The number of methoxy groups -OCH3 is 1. The van der Waals surface area contributed by atoms with E-state index in [4.69, 9.17) is 9.47 Å². The molecule has 0 spiro atoms. The minimum absolute atomic E-state index is 0.0807. The number of hydrogen-bond acceptors (Lipinski definition) is 4. The molecule has 1 fully saturated rings. The molecule has 2 aliphatic rings. The molecule has 112 valence electrons. The Morgan fingerprint density at radius 3 is 2.95 bits per heavy atom. The average molecular weight is 291 g/mol. The third kappa shape index (κ3) is 2.70. The van der Waals surface area contributed by atoms with Gasteiger partial charge in [-0.3, -0.25) is 4.79 Å². The standard InChI is InChI=1S/C15H18N2O4/c1-9-7-11(9)15(18)16-6-5-14-17(19)12-8-10(20-2)3-4-13(12)21-14/h3-4,8-9,11,14H,5-7H2,1-2H3/p+1. The van der Waals surface area contributed by atoms with E-state index < -0.39 is 6.23 Å². The number of nitrogens with one attached hydrogen (secondary N) is 1. The highest BCUT2D eigenvalue weighted by molar-refractivity contribution is 5.81. The van der Waals surface area contributed by atoms with E-state index in [1.807, 2.05) is 0 Å². The van der Waals surface area contributed by atoms with Crippen LogP contribution in [0.15, 0.2) is 18.2 Å². The van der Waals surface area contributed by atoms with Crippen molar-refractivity contribution in [1.82, 2.24) is 5.32 Å². The maximum atomic E-state index is 12.2. The van der Waals surface area contributed by atoms with Crippen molar-refractivity contribution in [2.24, 2.45) is 11.8 Å². The lowest BCUT2D eigenvalue weighted by atomic mass is 10.3. The lowest BCUT2D eigenvalue weighted by Gasteiger charge is -2.05. The van der Waals surface area contributed by atoms with E-state index in [0.717, 1.165) is 11.2 Å². The summed E-state index contributed by atoms with van der Waals surface area (Å²) in [4.78, 5) is 23.9. The number of amides is 1. The van der Waals surface area contributed by atoms with E-state index >= 15 is 0 Å². The summed E-state index contributed by atoms with van der Waals surface area (Å²) >= 11 is 0. The van der Waals surface area contributed by atoms with Crippen LogP contribution >= 0.6 is 0 Å². The monoisotopic (exact) mass is 291 g/mol. The minimum Gasteiger partial charge on any atom is -0.496 e. The van der Waals surface area contributed by atoms with Gasteiger partial charge in [0.25, 0.3) is 0 Å². The first-order valence-corrected chi connectivity index (χ1v) is 7.19. The van der Waals surface area contributed by atoms with Gasteiger partial charge in [0, 0.05) is 17.4 Å². The van der Waals surface area contributed by atoms with Crippen LogP contribution in [0.3, 0.4) is 0 Å². The fourth-order valence-corrected chi connectivity index (χ4v) is 2.56. The van der Waals surface area contributed by atoms with Crippen molar-refractivity contribution in [3.8, 4) is 11.5 Å². The summed E-state index contributed by atoms with van der Waals surface area (Å²) in [6.45, 7) is 2.50. The molecule has 0 radical (unpaired) electrons. The summed E-state index contributed by atoms with van der Waals surface area (Å²) in [7, 11) is 1.55. The van der Waals surface area contributed by atoms with Gasteiger partial charge in [-0.15, -0.1) is 0 Å². The quantitative estimate of drug-likeness (QED) is 0.842. The second-order valence-electron chi connectivity index (χ2n) is 5.63. The molecule has 21 heavy (non-hydrogen) atoms. The van der Waals surface area contributed by atoms with Gasteiger partial charge in [0.2, 0.25) is 11.7 Å². The highest BCUT2D eigenvalue weighted by atomic mass is 16.5. The van der Waals surface area contributed by atoms with Crippen molar-refractivity contribution >= 4 is 11.6 Å². The molecule has 1 amide bonds. The summed E-state index contributed by atoms with van der Waals surface area (Å²) < 4.78 is 11.5. The van der Waals surface area contributed by atoms with Gasteiger partial charge in [-0.1, -0.05) is 6.92 Å². The molecule has 0 saturated heterocycles. The van der Waals surface area contributed by atoms with Crippen LogP contribution < -0.4 is 14.8 Å². The first kappa shape index (κ1) is 13.9. The topological polar surface area (TPSA) is 67.6 Å². The molecule has 0 aromatic heterocycles. The molecule has 1 saturated carbocycles. The molecular weight excluding hydrogens is 272 g/mol. The zero-order chi connectivity index (χ0) is 15.0.